The van der Waals surface area contributed by atoms with Crippen LogP contribution in [0.15, 0.2) is 12.2 Å². The quantitative estimate of drug-likeness (QED) is 0.302. The minimum absolute atomic E-state index is 0.0348. The summed E-state index contributed by atoms with van der Waals surface area (Å²) in [6, 6.07) is 0. The highest BCUT2D eigenvalue weighted by molar-refractivity contribution is 4.76. The van der Waals surface area contributed by atoms with Gasteiger partial charge in [-0.2, -0.15) is 0 Å². The van der Waals surface area contributed by atoms with E-state index in [9.17, 15) is 5.11 Å². The molecule has 0 saturated heterocycles. The van der Waals surface area contributed by atoms with Crippen LogP contribution in [0.5, 0.6) is 0 Å². The normalized spacial score (nSPS) is 13.2. The Morgan fingerprint density at radius 1 is 0.789 bits per heavy atom. The van der Waals surface area contributed by atoms with Crippen LogP contribution in [0.2, 0.25) is 0 Å². The molecule has 1 heteroatoms. The molecule has 114 valence electrons. The van der Waals surface area contributed by atoms with Gasteiger partial charge in [-0.1, -0.05) is 76.9 Å². The molecule has 0 spiro atoms. The van der Waals surface area contributed by atoms with Gasteiger partial charge in [-0.25, -0.2) is 0 Å². The van der Waals surface area contributed by atoms with E-state index in [1.54, 1.807) is 0 Å². The van der Waals surface area contributed by atoms with E-state index in [4.69, 9.17) is 0 Å². The van der Waals surface area contributed by atoms with Gasteiger partial charge in [0.1, 0.15) is 0 Å². The third-order valence-electron chi connectivity index (χ3n) is 3.78. The van der Waals surface area contributed by atoms with Crippen LogP contribution < -0.4 is 0 Å². The van der Waals surface area contributed by atoms with Crippen LogP contribution in [0, 0.1) is 0 Å². The predicted octanol–water partition coefficient (Wildman–Crippen LogP) is 6.01. The molecule has 0 aromatic carbocycles. The van der Waals surface area contributed by atoms with Gasteiger partial charge in [0.2, 0.25) is 0 Å². The maximum absolute atomic E-state index is 9.79. The number of aliphatic hydroxyl groups is 1. The molecule has 0 bridgehead atoms. The van der Waals surface area contributed by atoms with Crippen molar-refractivity contribution in [2.24, 2.45) is 0 Å². The molecule has 0 amide bonds. The highest BCUT2D eigenvalue weighted by Gasteiger charge is 2.02. The zero-order chi connectivity index (χ0) is 14.2. The Morgan fingerprint density at radius 3 is 1.89 bits per heavy atom. The van der Waals surface area contributed by atoms with Crippen LogP contribution in [0.4, 0.5) is 0 Å². The number of allylic oxidation sites excluding steroid dienone is 2. The van der Waals surface area contributed by atoms with E-state index in [1.807, 2.05) is 0 Å². The molecule has 0 aromatic rings. The number of rotatable bonds is 14. The Hall–Kier alpha value is -0.300. The topological polar surface area (TPSA) is 20.2 Å². The van der Waals surface area contributed by atoms with Crippen LogP contribution in [0.1, 0.15) is 97.3 Å². The minimum atomic E-state index is -0.0348. The maximum atomic E-state index is 9.79. The lowest BCUT2D eigenvalue weighted by atomic mass is 10.0. The molecular formula is C18H36O. The van der Waals surface area contributed by atoms with E-state index in [2.05, 4.69) is 26.0 Å². The SMILES string of the molecule is C/C=C/CCCCCCCCCC(O)CCCCC. The Bertz CT molecular complexity index is 186. The van der Waals surface area contributed by atoms with Crippen molar-refractivity contribution in [2.45, 2.75) is 103 Å². The predicted molar refractivity (Wildman–Crippen MR) is 86.5 cm³/mol. The molecule has 0 saturated carbocycles. The summed E-state index contributed by atoms with van der Waals surface area (Å²) in [5.74, 6) is 0. The fourth-order valence-electron chi connectivity index (χ4n) is 2.47. The number of unbranched alkanes of at least 4 members (excludes halogenated alkanes) is 9. The first-order chi connectivity index (χ1) is 9.31. The molecule has 0 aliphatic carbocycles. The van der Waals surface area contributed by atoms with Crippen LogP contribution in [-0.2, 0) is 0 Å². The Balaban J connectivity index is 3.09. The van der Waals surface area contributed by atoms with Gasteiger partial charge in [0.25, 0.3) is 0 Å². The summed E-state index contributed by atoms with van der Waals surface area (Å²) in [6.07, 6.45) is 20.7. The van der Waals surface area contributed by atoms with E-state index in [1.165, 1.54) is 70.6 Å². The fraction of sp³-hybridized carbons (Fsp3) is 0.889. The van der Waals surface area contributed by atoms with Gasteiger partial charge >= 0.3 is 0 Å². The first-order valence-electron chi connectivity index (χ1n) is 8.60. The molecule has 0 aromatic heterocycles. The van der Waals surface area contributed by atoms with Gasteiger partial charge in [-0.3, -0.25) is 0 Å². The maximum Gasteiger partial charge on any atom is 0.0540 e. The van der Waals surface area contributed by atoms with Crippen molar-refractivity contribution in [3.63, 3.8) is 0 Å². The molecule has 0 fully saturated rings. The van der Waals surface area contributed by atoms with Crippen LogP contribution in [0.3, 0.4) is 0 Å². The van der Waals surface area contributed by atoms with E-state index < -0.39 is 0 Å². The number of hydrogen-bond donors (Lipinski definition) is 1. The van der Waals surface area contributed by atoms with Gasteiger partial charge in [0, 0.05) is 0 Å². The summed E-state index contributed by atoms with van der Waals surface area (Å²) in [7, 11) is 0. The van der Waals surface area contributed by atoms with E-state index >= 15 is 0 Å². The molecule has 0 aliphatic rings. The molecule has 1 unspecified atom stereocenters. The molecule has 0 aliphatic heterocycles. The lowest BCUT2D eigenvalue weighted by Crippen LogP contribution is -2.05. The van der Waals surface area contributed by atoms with E-state index in [0.717, 1.165) is 12.8 Å². The van der Waals surface area contributed by atoms with Gasteiger partial charge in [-0.15, -0.1) is 0 Å². The van der Waals surface area contributed by atoms with Crippen LogP contribution >= 0.6 is 0 Å². The molecule has 0 heterocycles. The van der Waals surface area contributed by atoms with Crippen molar-refractivity contribution >= 4 is 0 Å². The molecule has 1 atom stereocenters. The monoisotopic (exact) mass is 268 g/mol. The van der Waals surface area contributed by atoms with Gasteiger partial charge in [0.15, 0.2) is 0 Å². The van der Waals surface area contributed by atoms with E-state index in [0.29, 0.717) is 0 Å². The second-order valence-corrected chi connectivity index (χ2v) is 5.77. The number of hydrogen-bond acceptors (Lipinski definition) is 1. The van der Waals surface area contributed by atoms with Crippen molar-refractivity contribution in [1.29, 1.82) is 0 Å². The zero-order valence-electron chi connectivity index (χ0n) is 13.4. The summed E-state index contributed by atoms with van der Waals surface area (Å²) in [5.41, 5.74) is 0. The Labute approximate surface area is 121 Å². The summed E-state index contributed by atoms with van der Waals surface area (Å²) in [4.78, 5) is 0. The second-order valence-electron chi connectivity index (χ2n) is 5.77. The average molecular weight is 268 g/mol. The summed E-state index contributed by atoms with van der Waals surface area (Å²) in [6.45, 7) is 4.31. The van der Waals surface area contributed by atoms with Crippen molar-refractivity contribution in [2.75, 3.05) is 0 Å². The van der Waals surface area contributed by atoms with E-state index in [-0.39, 0.29) is 6.10 Å². The molecule has 0 rings (SSSR count). The molecule has 1 N–H and O–H groups in total. The smallest absolute Gasteiger partial charge is 0.0540 e. The molecule has 0 radical (unpaired) electrons. The first-order valence-corrected chi connectivity index (χ1v) is 8.60. The highest BCUT2D eigenvalue weighted by Crippen LogP contribution is 2.13. The van der Waals surface area contributed by atoms with Gasteiger partial charge in [-0.05, 0) is 32.6 Å². The third kappa shape index (κ3) is 15.6. The van der Waals surface area contributed by atoms with Crippen molar-refractivity contribution < 1.29 is 5.11 Å². The second kappa shape index (κ2) is 15.8. The van der Waals surface area contributed by atoms with Gasteiger partial charge < -0.3 is 5.11 Å². The summed E-state index contributed by atoms with van der Waals surface area (Å²) in [5, 5.41) is 9.79. The van der Waals surface area contributed by atoms with Crippen molar-refractivity contribution in [3.8, 4) is 0 Å². The molecular weight excluding hydrogens is 232 g/mol. The summed E-state index contributed by atoms with van der Waals surface area (Å²) >= 11 is 0. The first kappa shape index (κ1) is 18.7. The highest BCUT2D eigenvalue weighted by atomic mass is 16.3. The zero-order valence-corrected chi connectivity index (χ0v) is 13.4. The lowest BCUT2D eigenvalue weighted by Gasteiger charge is -2.09. The molecule has 1 nitrogen and oxygen atoms in total. The Kier molecular flexibility index (Phi) is 15.5. The fourth-order valence-corrected chi connectivity index (χ4v) is 2.47. The van der Waals surface area contributed by atoms with Crippen molar-refractivity contribution in [1.82, 2.24) is 0 Å². The molecule has 19 heavy (non-hydrogen) atoms. The lowest BCUT2D eigenvalue weighted by molar-refractivity contribution is 0.147. The summed E-state index contributed by atoms with van der Waals surface area (Å²) < 4.78 is 0. The van der Waals surface area contributed by atoms with Crippen molar-refractivity contribution in [3.05, 3.63) is 12.2 Å². The minimum Gasteiger partial charge on any atom is -0.393 e. The largest absolute Gasteiger partial charge is 0.393 e. The number of aliphatic hydroxyl groups excluding tert-OH is 1. The average Bonchev–Trinajstić information content (AvgIpc) is 2.41. The van der Waals surface area contributed by atoms with Crippen LogP contribution in [0.25, 0.3) is 0 Å². The Morgan fingerprint density at radius 2 is 1.32 bits per heavy atom. The van der Waals surface area contributed by atoms with Gasteiger partial charge in [0.05, 0.1) is 6.10 Å². The third-order valence-corrected chi connectivity index (χ3v) is 3.78. The van der Waals surface area contributed by atoms with Crippen LogP contribution in [-0.4, -0.2) is 11.2 Å². The standard InChI is InChI=1S/C18H36O/c1-3-5-7-8-9-10-11-12-13-15-17-18(19)16-14-6-4-2/h3,5,18-19H,4,6-17H2,1-2H3/b5-3+.